The predicted molar refractivity (Wildman–Crippen MR) is 82.5 cm³/mol. The SMILES string of the molecule is O=C(CN1CCCOC1=O)N[C@H]1CCC[C@H]1c1ccc(F)cc1. The summed E-state index contributed by atoms with van der Waals surface area (Å²) in [6.45, 7) is 1.01. The van der Waals surface area contributed by atoms with E-state index in [0.29, 0.717) is 13.2 Å². The molecule has 2 aliphatic rings. The van der Waals surface area contributed by atoms with Gasteiger partial charge in [0.25, 0.3) is 0 Å². The fraction of sp³-hybridized carbons (Fsp3) is 0.529. The fourth-order valence-corrected chi connectivity index (χ4v) is 3.41. The zero-order valence-electron chi connectivity index (χ0n) is 13.0. The Bertz CT molecular complexity index is 576. The number of halogens is 1. The van der Waals surface area contributed by atoms with Gasteiger partial charge in [0.2, 0.25) is 5.91 Å². The Morgan fingerprint density at radius 2 is 2.04 bits per heavy atom. The van der Waals surface area contributed by atoms with Crippen LogP contribution < -0.4 is 5.32 Å². The molecule has 124 valence electrons. The van der Waals surface area contributed by atoms with E-state index in [4.69, 9.17) is 4.74 Å². The number of rotatable bonds is 4. The van der Waals surface area contributed by atoms with Crippen LogP contribution >= 0.6 is 0 Å². The van der Waals surface area contributed by atoms with Gasteiger partial charge in [-0.25, -0.2) is 9.18 Å². The van der Waals surface area contributed by atoms with Crippen LogP contribution in [0.25, 0.3) is 0 Å². The van der Waals surface area contributed by atoms with E-state index in [0.717, 1.165) is 31.2 Å². The lowest BCUT2D eigenvalue weighted by atomic mass is 9.94. The molecule has 6 heteroatoms. The van der Waals surface area contributed by atoms with E-state index in [1.807, 2.05) is 0 Å². The van der Waals surface area contributed by atoms with Gasteiger partial charge < -0.3 is 10.1 Å². The highest BCUT2D eigenvalue weighted by atomic mass is 19.1. The molecule has 1 heterocycles. The number of carbonyl (C=O) groups is 2. The number of benzene rings is 1. The molecule has 2 amide bonds. The number of nitrogens with zero attached hydrogens (tertiary/aromatic N) is 1. The Kier molecular flexibility index (Phi) is 4.79. The van der Waals surface area contributed by atoms with Crippen LogP contribution in [0.2, 0.25) is 0 Å². The van der Waals surface area contributed by atoms with E-state index in [2.05, 4.69) is 5.32 Å². The Balaban J connectivity index is 1.58. The van der Waals surface area contributed by atoms with Gasteiger partial charge in [-0.05, 0) is 37.0 Å². The van der Waals surface area contributed by atoms with Crippen molar-refractivity contribution < 1.29 is 18.7 Å². The van der Waals surface area contributed by atoms with Crippen molar-refractivity contribution in [2.75, 3.05) is 19.7 Å². The summed E-state index contributed by atoms with van der Waals surface area (Å²) in [5.74, 6) is -0.216. The van der Waals surface area contributed by atoms with Crippen LogP contribution in [-0.4, -0.2) is 42.6 Å². The molecule has 2 atom stereocenters. The minimum atomic E-state index is -0.423. The molecule has 1 saturated heterocycles. The summed E-state index contributed by atoms with van der Waals surface area (Å²) in [4.78, 5) is 25.2. The van der Waals surface area contributed by atoms with Crippen molar-refractivity contribution in [3.63, 3.8) is 0 Å². The summed E-state index contributed by atoms with van der Waals surface area (Å²) in [5.41, 5.74) is 1.05. The minimum Gasteiger partial charge on any atom is -0.449 e. The molecule has 1 N–H and O–H groups in total. The van der Waals surface area contributed by atoms with Gasteiger partial charge in [-0.2, -0.15) is 0 Å². The number of hydrogen-bond donors (Lipinski definition) is 1. The number of cyclic esters (lactones) is 1. The molecule has 0 spiro atoms. The maximum Gasteiger partial charge on any atom is 0.410 e. The lowest BCUT2D eigenvalue weighted by Gasteiger charge is -2.27. The van der Waals surface area contributed by atoms with Crippen LogP contribution in [0.3, 0.4) is 0 Å². The van der Waals surface area contributed by atoms with Gasteiger partial charge in [0.1, 0.15) is 12.4 Å². The van der Waals surface area contributed by atoms with Gasteiger partial charge in [0, 0.05) is 18.5 Å². The standard InChI is InChI=1S/C17H21FN2O3/c18-13-7-5-12(6-8-13)14-3-1-4-15(14)19-16(21)11-20-9-2-10-23-17(20)22/h5-8,14-15H,1-4,9-11H2,(H,19,21)/t14-,15-/m0/s1. The van der Waals surface area contributed by atoms with Gasteiger partial charge in [0.15, 0.2) is 0 Å². The zero-order valence-corrected chi connectivity index (χ0v) is 13.0. The molecule has 1 aliphatic heterocycles. The van der Waals surface area contributed by atoms with Crippen LogP contribution in [0.5, 0.6) is 0 Å². The van der Waals surface area contributed by atoms with Crippen molar-refractivity contribution >= 4 is 12.0 Å². The molecule has 1 aliphatic carbocycles. The second-order valence-corrected chi connectivity index (χ2v) is 6.15. The third-order valence-corrected chi connectivity index (χ3v) is 4.55. The second-order valence-electron chi connectivity index (χ2n) is 6.15. The normalized spacial score (nSPS) is 24.4. The van der Waals surface area contributed by atoms with Crippen molar-refractivity contribution in [2.45, 2.75) is 37.6 Å². The summed E-state index contributed by atoms with van der Waals surface area (Å²) in [6.07, 6.45) is 3.23. The first kappa shape index (κ1) is 15.8. The van der Waals surface area contributed by atoms with Gasteiger partial charge >= 0.3 is 6.09 Å². The van der Waals surface area contributed by atoms with Crippen LogP contribution in [0.15, 0.2) is 24.3 Å². The molecular formula is C17H21FN2O3. The number of amides is 2. The molecule has 1 aromatic rings. The van der Waals surface area contributed by atoms with E-state index in [1.54, 1.807) is 12.1 Å². The van der Waals surface area contributed by atoms with Gasteiger partial charge in [-0.1, -0.05) is 18.6 Å². The van der Waals surface area contributed by atoms with Gasteiger partial charge in [0.05, 0.1) is 6.61 Å². The van der Waals surface area contributed by atoms with E-state index in [9.17, 15) is 14.0 Å². The summed E-state index contributed by atoms with van der Waals surface area (Å²) in [7, 11) is 0. The fourth-order valence-electron chi connectivity index (χ4n) is 3.41. The quantitative estimate of drug-likeness (QED) is 0.927. The number of nitrogens with one attached hydrogen (secondary N) is 1. The van der Waals surface area contributed by atoms with E-state index in [-0.39, 0.29) is 30.2 Å². The third-order valence-electron chi connectivity index (χ3n) is 4.55. The zero-order chi connectivity index (χ0) is 16.2. The Morgan fingerprint density at radius 1 is 1.26 bits per heavy atom. The molecule has 0 unspecified atom stereocenters. The predicted octanol–water partition coefficient (Wildman–Crippen LogP) is 2.42. The van der Waals surface area contributed by atoms with Crippen molar-refractivity contribution in [3.8, 4) is 0 Å². The Labute approximate surface area is 134 Å². The number of carbonyl (C=O) groups excluding carboxylic acids is 2. The smallest absolute Gasteiger partial charge is 0.410 e. The number of ether oxygens (including phenoxy) is 1. The van der Waals surface area contributed by atoms with Gasteiger partial charge in [-0.3, -0.25) is 9.69 Å². The molecule has 5 nitrogen and oxygen atoms in total. The Hall–Kier alpha value is -2.11. The van der Waals surface area contributed by atoms with Crippen molar-refractivity contribution in [2.24, 2.45) is 0 Å². The molecule has 0 bridgehead atoms. The Morgan fingerprint density at radius 3 is 2.78 bits per heavy atom. The van der Waals surface area contributed by atoms with Crippen LogP contribution in [-0.2, 0) is 9.53 Å². The second kappa shape index (κ2) is 6.98. The topological polar surface area (TPSA) is 58.6 Å². The average Bonchev–Trinajstić information content (AvgIpc) is 2.98. The largest absolute Gasteiger partial charge is 0.449 e. The maximum atomic E-state index is 13.1. The highest BCUT2D eigenvalue weighted by Crippen LogP contribution is 2.34. The van der Waals surface area contributed by atoms with Crippen LogP contribution in [0.1, 0.15) is 37.2 Å². The molecule has 2 fully saturated rings. The summed E-state index contributed by atoms with van der Waals surface area (Å²) >= 11 is 0. The number of hydrogen-bond acceptors (Lipinski definition) is 3. The highest BCUT2D eigenvalue weighted by Gasteiger charge is 2.31. The molecular weight excluding hydrogens is 299 g/mol. The first-order valence-electron chi connectivity index (χ1n) is 8.10. The molecule has 0 aromatic heterocycles. The van der Waals surface area contributed by atoms with Crippen LogP contribution in [0.4, 0.5) is 9.18 Å². The van der Waals surface area contributed by atoms with Crippen molar-refractivity contribution in [1.29, 1.82) is 0 Å². The van der Waals surface area contributed by atoms with Gasteiger partial charge in [-0.15, -0.1) is 0 Å². The molecule has 0 radical (unpaired) electrons. The molecule has 23 heavy (non-hydrogen) atoms. The van der Waals surface area contributed by atoms with E-state index in [1.165, 1.54) is 17.0 Å². The first-order chi connectivity index (χ1) is 11.1. The lowest BCUT2D eigenvalue weighted by Crippen LogP contribution is -2.47. The maximum absolute atomic E-state index is 13.1. The van der Waals surface area contributed by atoms with Crippen molar-refractivity contribution in [1.82, 2.24) is 10.2 Å². The van der Waals surface area contributed by atoms with E-state index >= 15 is 0 Å². The monoisotopic (exact) mass is 320 g/mol. The van der Waals surface area contributed by atoms with Crippen LogP contribution in [0, 0.1) is 5.82 Å². The molecule has 1 saturated carbocycles. The first-order valence-corrected chi connectivity index (χ1v) is 8.10. The summed E-state index contributed by atoms with van der Waals surface area (Å²) in [6, 6.07) is 6.51. The van der Waals surface area contributed by atoms with E-state index < -0.39 is 6.09 Å². The third kappa shape index (κ3) is 3.81. The molecule has 1 aromatic carbocycles. The summed E-state index contributed by atoms with van der Waals surface area (Å²) < 4.78 is 18.0. The average molecular weight is 320 g/mol. The molecule has 3 rings (SSSR count). The minimum absolute atomic E-state index is 0.0332. The highest BCUT2D eigenvalue weighted by molar-refractivity contribution is 5.82. The van der Waals surface area contributed by atoms with Crippen molar-refractivity contribution in [3.05, 3.63) is 35.6 Å². The summed E-state index contributed by atoms with van der Waals surface area (Å²) in [5, 5.41) is 3.03. The lowest BCUT2D eigenvalue weighted by molar-refractivity contribution is -0.123.